The fourth-order valence-electron chi connectivity index (χ4n) is 3.25. The van der Waals surface area contributed by atoms with Gasteiger partial charge in [0.1, 0.15) is 11.3 Å². The molecule has 0 unspecified atom stereocenters. The maximum atomic E-state index is 13.0. The van der Waals surface area contributed by atoms with Crippen LogP contribution < -0.4 is 10.2 Å². The molecule has 9 heteroatoms. The number of fused-ring (bicyclic) bond motifs is 1. The number of ether oxygens (including phenoxy) is 1. The monoisotopic (exact) mass is 410 g/mol. The van der Waals surface area contributed by atoms with Crippen LogP contribution in [0.25, 0.3) is 11.0 Å². The van der Waals surface area contributed by atoms with Gasteiger partial charge in [-0.25, -0.2) is 0 Å². The third-order valence-corrected chi connectivity index (χ3v) is 4.97. The number of amides is 1. The van der Waals surface area contributed by atoms with Gasteiger partial charge in [-0.3, -0.25) is 14.4 Å². The van der Waals surface area contributed by atoms with Gasteiger partial charge in [0.05, 0.1) is 18.9 Å². The molecular weight excluding hydrogens is 388 g/mol. The number of piperazine rings is 1. The van der Waals surface area contributed by atoms with E-state index in [2.05, 4.69) is 4.90 Å². The highest BCUT2D eigenvalue weighted by molar-refractivity contribution is 5.99. The molecule has 0 radical (unpaired) electrons. The van der Waals surface area contributed by atoms with E-state index in [1.807, 2.05) is 7.05 Å². The number of halogens is 1. The van der Waals surface area contributed by atoms with Crippen LogP contribution in [0.5, 0.6) is 11.5 Å². The van der Waals surface area contributed by atoms with Gasteiger partial charge in [-0.05, 0) is 20.0 Å². The predicted octanol–water partition coefficient (Wildman–Crippen LogP) is 1.37. The number of carbonyl (C=O) groups excluding carboxylic acids is 2. The quantitative estimate of drug-likeness (QED) is 0.759. The average molecular weight is 411 g/mol. The third-order valence-electron chi connectivity index (χ3n) is 4.97. The molecule has 28 heavy (non-hydrogen) atoms. The molecule has 1 aliphatic heterocycles. The predicted molar refractivity (Wildman–Crippen MR) is 106 cm³/mol. The van der Waals surface area contributed by atoms with Crippen LogP contribution in [0.15, 0.2) is 15.3 Å². The SMILES string of the molecule is COc1cc2c(=O)c(CC(=O)N3CCN(C)CC3)c(C)oc2c(C=O)c1O.Cl. The van der Waals surface area contributed by atoms with Crippen molar-refractivity contribution in [2.24, 2.45) is 0 Å². The molecule has 0 saturated carbocycles. The zero-order valence-corrected chi connectivity index (χ0v) is 16.8. The fourth-order valence-corrected chi connectivity index (χ4v) is 3.25. The van der Waals surface area contributed by atoms with Gasteiger partial charge in [0.15, 0.2) is 28.8 Å². The fraction of sp³-hybridized carbons (Fsp3) is 0.421. The Hall–Kier alpha value is -2.58. The van der Waals surface area contributed by atoms with Crippen LogP contribution in [0.3, 0.4) is 0 Å². The van der Waals surface area contributed by atoms with E-state index in [4.69, 9.17) is 9.15 Å². The number of methoxy groups -OCH3 is 1. The van der Waals surface area contributed by atoms with Crippen LogP contribution in [0.4, 0.5) is 0 Å². The van der Waals surface area contributed by atoms with Gasteiger partial charge in [0, 0.05) is 31.7 Å². The lowest BCUT2D eigenvalue weighted by Gasteiger charge is -2.32. The number of hydrogen-bond donors (Lipinski definition) is 1. The number of rotatable bonds is 4. The minimum atomic E-state index is -0.405. The van der Waals surface area contributed by atoms with Crippen molar-refractivity contribution in [2.75, 3.05) is 40.3 Å². The summed E-state index contributed by atoms with van der Waals surface area (Å²) in [7, 11) is 3.32. The first kappa shape index (κ1) is 21.7. The zero-order chi connectivity index (χ0) is 19.7. The van der Waals surface area contributed by atoms with Crippen molar-refractivity contribution in [3.63, 3.8) is 0 Å². The average Bonchev–Trinajstić information content (AvgIpc) is 2.65. The minimum absolute atomic E-state index is 0. The van der Waals surface area contributed by atoms with Gasteiger partial charge in [-0.1, -0.05) is 0 Å². The van der Waals surface area contributed by atoms with Crippen LogP contribution in [0, 0.1) is 6.92 Å². The summed E-state index contributed by atoms with van der Waals surface area (Å²) in [5.74, 6) is -0.275. The number of benzene rings is 1. The molecule has 1 amide bonds. The normalized spacial score (nSPS) is 14.6. The molecule has 2 aromatic rings. The minimum Gasteiger partial charge on any atom is -0.504 e. The molecule has 0 spiro atoms. The number of hydrogen-bond acceptors (Lipinski definition) is 7. The Labute approximate surface area is 168 Å². The van der Waals surface area contributed by atoms with Crippen LogP contribution >= 0.6 is 12.4 Å². The lowest BCUT2D eigenvalue weighted by Crippen LogP contribution is -2.47. The Morgan fingerprint density at radius 1 is 1.32 bits per heavy atom. The highest BCUT2D eigenvalue weighted by atomic mass is 35.5. The van der Waals surface area contributed by atoms with E-state index in [-0.39, 0.29) is 64.1 Å². The molecule has 1 aromatic heterocycles. The van der Waals surface area contributed by atoms with Crippen molar-refractivity contribution in [3.8, 4) is 11.5 Å². The smallest absolute Gasteiger partial charge is 0.227 e. The number of nitrogens with zero attached hydrogens (tertiary/aromatic N) is 2. The van der Waals surface area contributed by atoms with Crippen molar-refractivity contribution >= 4 is 35.6 Å². The summed E-state index contributed by atoms with van der Waals surface area (Å²) in [5.41, 5.74) is -0.322. The molecule has 1 saturated heterocycles. The molecule has 0 aliphatic carbocycles. The van der Waals surface area contributed by atoms with Crippen LogP contribution in [0.2, 0.25) is 0 Å². The first-order valence-corrected chi connectivity index (χ1v) is 8.65. The molecule has 1 fully saturated rings. The van der Waals surface area contributed by atoms with Crippen molar-refractivity contribution < 1.29 is 23.8 Å². The van der Waals surface area contributed by atoms with E-state index < -0.39 is 5.43 Å². The number of aromatic hydroxyl groups is 1. The Morgan fingerprint density at radius 3 is 2.54 bits per heavy atom. The lowest BCUT2D eigenvalue weighted by molar-refractivity contribution is -0.132. The van der Waals surface area contributed by atoms with Crippen LogP contribution in [-0.4, -0.2) is 67.4 Å². The van der Waals surface area contributed by atoms with E-state index in [1.54, 1.807) is 11.8 Å². The molecule has 3 rings (SSSR count). The number of phenolic OH excluding ortho intramolecular Hbond substituents is 1. The van der Waals surface area contributed by atoms with E-state index in [9.17, 15) is 19.5 Å². The van der Waals surface area contributed by atoms with E-state index in [0.717, 1.165) is 13.1 Å². The molecule has 0 bridgehead atoms. The van der Waals surface area contributed by atoms with Gasteiger partial charge in [0.2, 0.25) is 5.91 Å². The summed E-state index contributed by atoms with van der Waals surface area (Å²) in [6, 6.07) is 1.33. The van der Waals surface area contributed by atoms with Gasteiger partial charge in [-0.2, -0.15) is 0 Å². The summed E-state index contributed by atoms with van der Waals surface area (Å²) >= 11 is 0. The Morgan fingerprint density at radius 2 is 1.96 bits per heavy atom. The molecule has 2 heterocycles. The highest BCUT2D eigenvalue weighted by Gasteiger charge is 2.24. The van der Waals surface area contributed by atoms with Crippen molar-refractivity contribution in [1.82, 2.24) is 9.80 Å². The van der Waals surface area contributed by atoms with E-state index in [0.29, 0.717) is 19.4 Å². The number of aryl methyl sites for hydroxylation is 1. The van der Waals surface area contributed by atoms with Crippen LogP contribution in [-0.2, 0) is 11.2 Å². The maximum absolute atomic E-state index is 13.0. The van der Waals surface area contributed by atoms with Gasteiger partial charge < -0.3 is 24.1 Å². The largest absolute Gasteiger partial charge is 0.504 e. The molecule has 8 nitrogen and oxygen atoms in total. The summed E-state index contributed by atoms with van der Waals surface area (Å²) in [5, 5.41) is 10.2. The van der Waals surface area contributed by atoms with Gasteiger partial charge >= 0.3 is 0 Å². The van der Waals surface area contributed by atoms with Gasteiger partial charge in [0.25, 0.3) is 0 Å². The number of likely N-dealkylation sites (N-methyl/N-ethyl adjacent to an activating group) is 1. The van der Waals surface area contributed by atoms with E-state index >= 15 is 0 Å². The Bertz CT molecular complexity index is 963. The molecule has 1 aliphatic rings. The van der Waals surface area contributed by atoms with Crippen molar-refractivity contribution in [1.29, 1.82) is 0 Å². The Balaban J connectivity index is 0.00000280. The third kappa shape index (κ3) is 3.83. The van der Waals surface area contributed by atoms with Crippen molar-refractivity contribution in [2.45, 2.75) is 13.3 Å². The lowest BCUT2D eigenvalue weighted by atomic mass is 10.0. The number of phenols is 1. The standard InChI is InChI=1S/C19H22N2O6.ClH/c1-11-12(9-16(23)21-6-4-20(2)5-7-21)17(24)13-8-15(26-3)18(25)14(10-22)19(13)27-11;/h8,10,25H,4-7,9H2,1-3H3;1H. The second-order valence-electron chi connectivity index (χ2n) is 6.66. The number of aldehydes is 1. The van der Waals surface area contributed by atoms with Crippen molar-refractivity contribution in [3.05, 3.63) is 33.2 Å². The summed E-state index contributed by atoms with van der Waals surface area (Å²) < 4.78 is 10.7. The summed E-state index contributed by atoms with van der Waals surface area (Å²) in [6.45, 7) is 4.38. The van der Waals surface area contributed by atoms with Gasteiger partial charge in [-0.15, -0.1) is 12.4 Å². The topological polar surface area (TPSA) is 100 Å². The second-order valence-corrected chi connectivity index (χ2v) is 6.66. The first-order chi connectivity index (χ1) is 12.9. The van der Waals surface area contributed by atoms with E-state index in [1.165, 1.54) is 13.2 Å². The Kier molecular flexibility index (Phi) is 6.69. The molecule has 1 N–H and O–H groups in total. The summed E-state index contributed by atoms with van der Waals surface area (Å²) in [4.78, 5) is 40.9. The zero-order valence-electron chi connectivity index (χ0n) is 16.0. The molecular formula is C19H23ClN2O6. The maximum Gasteiger partial charge on any atom is 0.227 e. The molecule has 0 atom stereocenters. The molecule has 152 valence electrons. The molecule has 1 aromatic carbocycles. The van der Waals surface area contributed by atoms with Crippen LogP contribution in [0.1, 0.15) is 21.7 Å². The second kappa shape index (κ2) is 8.62. The first-order valence-electron chi connectivity index (χ1n) is 8.65. The summed E-state index contributed by atoms with van der Waals surface area (Å²) in [6.07, 6.45) is 0.338. The highest BCUT2D eigenvalue weighted by Crippen LogP contribution is 2.35. The number of carbonyl (C=O) groups is 2.